The summed E-state index contributed by atoms with van der Waals surface area (Å²) >= 11 is 0. The normalized spacial score (nSPS) is 0. The maximum Gasteiger partial charge on any atom is 3.00 e. The third kappa shape index (κ3) is 203. The Balaban J connectivity index is 0. The van der Waals surface area contributed by atoms with E-state index in [9.17, 15) is 0 Å². The van der Waals surface area contributed by atoms with E-state index in [-0.39, 0.29) is 105 Å². The SMILES string of the molecule is [As+3].[As+3].[As+3].[As+3].[O-2].[O-2].[O-2].[O-2].[O-2].[O-2]. The van der Waals surface area contributed by atoms with Crippen LogP contribution in [-0.4, -0.2) is 71.8 Å². The van der Waals surface area contributed by atoms with Crippen LogP contribution in [0.5, 0.6) is 0 Å². The molecule has 0 unspecified atom stereocenters. The zero-order valence-electron chi connectivity index (χ0n) is 4.24. The van der Waals surface area contributed by atoms with Gasteiger partial charge in [0.25, 0.3) is 0 Å². The maximum atomic E-state index is 0. The van der Waals surface area contributed by atoms with Gasteiger partial charge in [0.1, 0.15) is 0 Å². The summed E-state index contributed by atoms with van der Waals surface area (Å²) in [5, 5.41) is 0. The Labute approximate surface area is 104 Å². The van der Waals surface area contributed by atoms with E-state index in [0.29, 0.717) is 0 Å². The predicted molar refractivity (Wildman–Crippen MR) is 27.1 cm³/mol. The van der Waals surface area contributed by atoms with Crippen LogP contribution in [0.3, 0.4) is 0 Å². The molecule has 8 radical (unpaired) electrons. The summed E-state index contributed by atoms with van der Waals surface area (Å²) in [6.45, 7) is 0. The fourth-order valence-corrected chi connectivity index (χ4v) is 0. The van der Waals surface area contributed by atoms with Gasteiger partial charge in [-0.1, -0.05) is 0 Å². The molecule has 0 aromatic rings. The van der Waals surface area contributed by atoms with E-state index < -0.39 is 0 Å². The van der Waals surface area contributed by atoms with Gasteiger partial charge in [-0.25, -0.2) is 0 Å². The molecule has 10 heteroatoms. The Morgan fingerprint density at radius 2 is 0.200 bits per heavy atom. The predicted octanol–water partition coefficient (Wildman–Crippen LogP) is -2.24. The average molecular weight is 396 g/mol. The standard InChI is InChI=1S/4As.6O/q4*+3;6*-2. The summed E-state index contributed by atoms with van der Waals surface area (Å²) < 4.78 is 0. The molecule has 0 fully saturated rings. The van der Waals surface area contributed by atoms with E-state index in [1.807, 2.05) is 0 Å². The summed E-state index contributed by atoms with van der Waals surface area (Å²) in [6.07, 6.45) is 0. The molecule has 0 heterocycles. The van der Waals surface area contributed by atoms with Crippen LogP contribution < -0.4 is 0 Å². The zero-order chi connectivity index (χ0) is 0. The topological polar surface area (TPSA) is 171 Å². The van der Waals surface area contributed by atoms with Crippen molar-refractivity contribution >= 4 is 71.8 Å². The van der Waals surface area contributed by atoms with Gasteiger partial charge in [-0.3, -0.25) is 0 Å². The minimum Gasteiger partial charge on any atom is -2.00 e. The number of rotatable bonds is 0. The second kappa shape index (κ2) is 276. The molecule has 0 saturated carbocycles. The van der Waals surface area contributed by atoms with E-state index >= 15 is 0 Å². The molecule has 0 aromatic heterocycles. The minimum atomic E-state index is 0. The molecule has 0 atom stereocenters. The van der Waals surface area contributed by atoms with Crippen molar-refractivity contribution in [3.05, 3.63) is 0 Å². The number of hydrogen-bond donors (Lipinski definition) is 0. The van der Waals surface area contributed by atoms with Crippen molar-refractivity contribution in [3.63, 3.8) is 0 Å². The smallest absolute Gasteiger partial charge is 2.00 e. The minimum absolute atomic E-state index is 0. The van der Waals surface area contributed by atoms with Gasteiger partial charge in [-0.05, 0) is 0 Å². The molecule has 0 bridgehead atoms. The van der Waals surface area contributed by atoms with E-state index in [1.165, 1.54) is 0 Å². The van der Waals surface area contributed by atoms with Gasteiger partial charge in [0.05, 0.1) is 0 Å². The van der Waals surface area contributed by atoms with Crippen LogP contribution in [0, 0.1) is 0 Å². The van der Waals surface area contributed by atoms with E-state index in [0.717, 1.165) is 0 Å². The molecular weight excluding hydrogens is 396 g/mol. The van der Waals surface area contributed by atoms with Crippen molar-refractivity contribution in [3.8, 4) is 0 Å². The van der Waals surface area contributed by atoms with Crippen LogP contribution in [0.4, 0.5) is 0 Å². The van der Waals surface area contributed by atoms with Crippen LogP contribution in [-0.2, 0) is 32.9 Å². The van der Waals surface area contributed by atoms with Crippen molar-refractivity contribution in [2.24, 2.45) is 0 Å². The first kappa shape index (κ1) is 365. The Kier molecular flexibility index (Phi) is 10100. The molecule has 0 aromatic carbocycles. The Bertz CT molecular complexity index is 9.71. The summed E-state index contributed by atoms with van der Waals surface area (Å²) in [5.41, 5.74) is 0. The summed E-state index contributed by atoms with van der Waals surface area (Å²) in [4.78, 5) is 0. The molecule has 0 amide bonds. The molecule has 0 saturated heterocycles. The second-order valence-electron chi connectivity index (χ2n) is 0. The van der Waals surface area contributed by atoms with Crippen molar-refractivity contribution in [2.45, 2.75) is 0 Å². The molecule has 0 N–H and O–H groups in total. The first-order chi connectivity index (χ1) is 0. The molecule has 0 aliphatic rings. The van der Waals surface area contributed by atoms with Crippen molar-refractivity contribution in [1.82, 2.24) is 0 Å². The van der Waals surface area contributed by atoms with Gasteiger partial charge in [-0.15, -0.1) is 0 Å². The summed E-state index contributed by atoms with van der Waals surface area (Å²) in [6, 6.07) is 0. The molecule has 0 aliphatic carbocycles. The first-order valence-corrected chi connectivity index (χ1v) is 0. The molecule has 6 nitrogen and oxygen atoms in total. The van der Waals surface area contributed by atoms with Gasteiger partial charge in [0.15, 0.2) is 0 Å². The fraction of sp³-hybridized carbons (Fsp3) is 0. The second-order valence-corrected chi connectivity index (χ2v) is 0. The fourth-order valence-electron chi connectivity index (χ4n) is 0. The molecule has 10 heavy (non-hydrogen) atoms. The van der Waals surface area contributed by atoms with E-state index in [1.54, 1.807) is 0 Å². The molecule has 0 spiro atoms. The molecule has 56 valence electrons. The Morgan fingerprint density at radius 1 is 0.200 bits per heavy atom. The van der Waals surface area contributed by atoms with Crippen LogP contribution >= 0.6 is 0 Å². The first-order valence-electron chi connectivity index (χ1n) is 0. The monoisotopic (exact) mass is 396 g/mol. The van der Waals surface area contributed by atoms with Crippen LogP contribution in [0.2, 0.25) is 0 Å². The van der Waals surface area contributed by atoms with E-state index in [4.69, 9.17) is 0 Å². The summed E-state index contributed by atoms with van der Waals surface area (Å²) in [5.74, 6) is 0. The quantitative estimate of drug-likeness (QED) is 0.404. The Hall–Kier alpha value is 1.99. The van der Waals surface area contributed by atoms with Gasteiger partial charge >= 0.3 is 71.8 Å². The Morgan fingerprint density at radius 3 is 0.200 bits per heavy atom. The third-order valence-electron chi connectivity index (χ3n) is 0. The van der Waals surface area contributed by atoms with Crippen LogP contribution in [0.1, 0.15) is 0 Å². The van der Waals surface area contributed by atoms with Crippen molar-refractivity contribution in [1.29, 1.82) is 0 Å². The average Bonchev–Trinajstić information content (AvgIpc) is 0. The largest absolute Gasteiger partial charge is 3.00 e. The van der Waals surface area contributed by atoms with Gasteiger partial charge in [0, 0.05) is 0 Å². The van der Waals surface area contributed by atoms with Gasteiger partial charge in [-0.2, -0.15) is 0 Å². The molecule has 0 rings (SSSR count). The zero-order valence-corrected chi connectivity index (χ0v) is 11.7. The van der Waals surface area contributed by atoms with Gasteiger partial charge in [0.2, 0.25) is 0 Å². The van der Waals surface area contributed by atoms with Crippen LogP contribution in [0.15, 0.2) is 0 Å². The van der Waals surface area contributed by atoms with Gasteiger partial charge < -0.3 is 32.9 Å². The number of hydrogen-bond acceptors (Lipinski definition) is 0. The molecular formula is As4O6. The van der Waals surface area contributed by atoms with Crippen LogP contribution in [0.25, 0.3) is 0 Å². The maximum absolute atomic E-state index is 0. The summed E-state index contributed by atoms with van der Waals surface area (Å²) in [7, 11) is 0. The van der Waals surface area contributed by atoms with E-state index in [2.05, 4.69) is 0 Å². The van der Waals surface area contributed by atoms with Crippen molar-refractivity contribution < 1.29 is 32.9 Å². The third-order valence-corrected chi connectivity index (χ3v) is 0. The van der Waals surface area contributed by atoms with Crippen molar-refractivity contribution in [2.75, 3.05) is 0 Å². The molecule has 0 aliphatic heterocycles.